The molecular formula is C23H19F3N4O5. The standard InChI is InChI=1S/C23H19F3N4O5/c24-23(25,26)21(32)35-19-10-14(12-29-22(33)34-13-15-4-3-9-28-11-15)7-8-16(19)20(31)30-18-6-2-1-5-17(18)27/h1-11H,12-13,27H2,(H,29,33)(H,30,31). The maximum absolute atomic E-state index is 12.8. The molecular weight excluding hydrogens is 469 g/mol. The van der Waals surface area contributed by atoms with Gasteiger partial charge in [-0.1, -0.05) is 24.3 Å². The number of amides is 2. The number of rotatable bonds is 7. The maximum Gasteiger partial charge on any atom is 0.491 e. The predicted molar refractivity (Wildman–Crippen MR) is 118 cm³/mol. The van der Waals surface area contributed by atoms with Crippen molar-refractivity contribution < 1.29 is 37.0 Å². The van der Waals surface area contributed by atoms with Crippen LogP contribution >= 0.6 is 0 Å². The van der Waals surface area contributed by atoms with Gasteiger partial charge in [0.05, 0.1) is 16.9 Å². The van der Waals surface area contributed by atoms with Gasteiger partial charge in [-0.05, 0) is 35.9 Å². The second kappa shape index (κ2) is 11.0. The number of hydrogen-bond acceptors (Lipinski definition) is 7. The van der Waals surface area contributed by atoms with Gasteiger partial charge in [0.1, 0.15) is 12.4 Å². The monoisotopic (exact) mass is 488 g/mol. The lowest BCUT2D eigenvalue weighted by Crippen LogP contribution is -2.29. The van der Waals surface area contributed by atoms with Gasteiger partial charge >= 0.3 is 18.2 Å². The Labute approximate surface area is 197 Å². The van der Waals surface area contributed by atoms with Crippen LogP contribution in [-0.2, 0) is 22.7 Å². The van der Waals surface area contributed by atoms with Crippen LogP contribution in [0.15, 0.2) is 67.0 Å². The van der Waals surface area contributed by atoms with Crippen molar-refractivity contribution in [1.82, 2.24) is 10.3 Å². The number of nitrogens with one attached hydrogen (secondary N) is 2. The summed E-state index contributed by atoms with van der Waals surface area (Å²) in [5.74, 6) is -4.02. The number of anilines is 2. The second-order valence-electron chi connectivity index (χ2n) is 7.05. The molecule has 0 fully saturated rings. The van der Waals surface area contributed by atoms with Crippen LogP contribution in [0.5, 0.6) is 5.75 Å². The van der Waals surface area contributed by atoms with Crippen molar-refractivity contribution in [2.75, 3.05) is 11.1 Å². The van der Waals surface area contributed by atoms with Crippen molar-refractivity contribution in [3.8, 4) is 5.75 Å². The van der Waals surface area contributed by atoms with E-state index in [1.165, 1.54) is 24.4 Å². The number of nitrogens with two attached hydrogens (primary N) is 1. The van der Waals surface area contributed by atoms with E-state index < -0.39 is 29.9 Å². The largest absolute Gasteiger partial charge is 0.491 e. The Kier molecular flexibility index (Phi) is 7.87. The predicted octanol–water partition coefficient (Wildman–Crippen LogP) is 3.81. The first-order valence-electron chi connectivity index (χ1n) is 10.0. The molecule has 182 valence electrons. The van der Waals surface area contributed by atoms with E-state index >= 15 is 0 Å². The van der Waals surface area contributed by atoms with E-state index in [1.54, 1.807) is 30.5 Å². The number of alkyl halides is 3. The number of aromatic nitrogens is 1. The van der Waals surface area contributed by atoms with Crippen molar-refractivity contribution in [3.05, 3.63) is 83.7 Å². The minimum atomic E-state index is -5.29. The number of nitrogens with zero attached hydrogens (tertiary/aromatic N) is 1. The summed E-state index contributed by atoms with van der Waals surface area (Å²) in [4.78, 5) is 39.9. The molecule has 1 heterocycles. The third kappa shape index (κ3) is 7.19. The quantitative estimate of drug-likeness (QED) is 0.262. The molecule has 0 saturated carbocycles. The van der Waals surface area contributed by atoms with Crippen molar-refractivity contribution in [3.63, 3.8) is 0 Å². The third-order valence-electron chi connectivity index (χ3n) is 4.46. The molecule has 0 atom stereocenters. The minimum absolute atomic E-state index is 0.0458. The molecule has 12 heteroatoms. The number of ether oxygens (including phenoxy) is 2. The van der Waals surface area contributed by atoms with Crippen LogP contribution in [-0.4, -0.2) is 29.1 Å². The fourth-order valence-corrected chi connectivity index (χ4v) is 2.76. The summed E-state index contributed by atoms with van der Waals surface area (Å²) in [7, 11) is 0. The Morgan fingerprint density at radius 1 is 1.00 bits per heavy atom. The maximum atomic E-state index is 12.8. The molecule has 0 radical (unpaired) electrons. The highest BCUT2D eigenvalue weighted by Gasteiger charge is 2.42. The van der Waals surface area contributed by atoms with Gasteiger partial charge in [0.2, 0.25) is 0 Å². The van der Waals surface area contributed by atoms with E-state index in [-0.39, 0.29) is 35.7 Å². The number of carbonyl (C=O) groups excluding carboxylic acids is 3. The lowest BCUT2D eigenvalue weighted by atomic mass is 10.1. The van der Waals surface area contributed by atoms with Gasteiger partial charge in [0, 0.05) is 24.5 Å². The molecule has 0 aliphatic carbocycles. The number of hydrogen-bond donors (Lipinski definition) is 3. The molecule has 2 aromatic carbocycles. The zero-order valence-corrected chi connectivity index (χ0v) is 18.0. The Hall–Kier alpha value is -4.61. The van der Waals surface area contributed by atoms with Crippen LogP contribution in [0.25, 0.3) is 0 Å². The van der Waals surface area contributed by atoms with E-state index in [9.17, 15) is 27.6 Å². The average Bonchev–Trinajstić information content (AvgIpc) is 2.83. The fraction of sp³-hybridized carbons (Fsp3) is 0.130. The molecule has 0 bridgehead atoms. The highest BCUT2D eigenvalue weighted by Crippen LogP contribution is 2.27. The number of carbonyl (C=O) groups is 3. The normalized spacial score (nSPS) is 10.8. The van der Waals surface area contributed by atoms with E-state index in [4.69, 9.17) is 10.5 Å². The Morgan fingerprint density at radius 3 is 2.46 bits per heavy atom. The van der Waals surface area contributed by atoms with E-state index in [0.29, 0.717) is 5.56 Å². The molecule has 0 spiro atoms. The van der Waals surface area contributed by atoms with Crippen LogP contribution in [0.3, 0.4) is 0 Å². The van der Waals surface area contributed by atoms with Gasteiger partial charge in [-0.3, -0.25) is 9.78 Å². The van der Waals surface area contributed by atoms with Crippen LogP contribution in [0.4, 0.5) is 29.3 Å². The van der Waals surface area contributed by atoms with Crippen LogP contribution in [0.2, 0.25) is 0 Å². The van der Waals surface area contributed by atoms with Gasteiger partial charge in [-0.15, -0.1) is 0 Å². The lowest BCUT2D eigenvalue weighted by Gasteiger charge is -2.14. The van der Waals surface area contributed by atoms with E-state index in [2.05, 4.69) is 20.4 Å². The third-order valence-corrected chi connectivity index (χ3v) is 4.46. The summed E-state index contributed by atoms with van der Waals surface area (Å²) in [6.45, 7) is -0.230. The summed E-state index contributed by atoms with van der Waals surface area (Å²) < 4.78 is 47.8. The molecule has 3 aromatic rings. The first kappa shape index (κ1) is 25.0. The van der Waals surface area contributed by atoms with E-state index in [0.717, 1.165) is 12.1 Å². The van der Waals surface area contributed by atoms with Crippen molar-refractivity contribution in [2.24, 2.45) is 0 Å². The molecule has 3 rings (SSSR count). The minimum Gasteiger partial charge on any atom is -0.445 e. The molecule has 4 N–H and O–H groups in total. The fourth-order valence-electron chi connectivity index (χ4n) is 2.76. The molecule has 0 aliphatic rings. The number of benzene rings is 2. The number of halogens is 3. The molecule has 0 saturated heterocycles. The average molecular weight is 488 g/mol. The Morgan fingerprint density at radius 2 is 1.77 bits per heavy atom. The highest BCUT2D eigenvalue weighted by atomic mass is 19.4. The lowest BCUT2D eigenvalue weighted by molar-refractivity contribution is -0.189. The van der Waals surface area contributed by atoms with Gasteiger partial charge < -0.3 is 25.8 Å². The number of esters is 1. The first-order chi connectivity index (χ1) is 16.6. The Bertz CT molecular complexity index is 1220. The smallest absolute Gasteiger partial charge is 0.445 e. The SMILES string of the molecule is Nc1ccccc1NC(=O)c1ccc(CNC(=O)OCc2cccnc2)cc1OC(=O)C(F)(F)F. The summed E-state index contributed by atoms with van der Waals surface area (Å²) in [5.41, 5.74) is 6.75. The van der Waals surface area contributed by atoms with Crippen LogP contribution < -0.4 is 21.1 Å². The van der Waals surface area contributed by atoms with Gasteiger partial charge in [-0.2, -0.15) is 13.2 Å². The second-order valence-corrected chi connectivity index (χ2v) is 7.05. The Balaban J connectivity index is 1.73. The molecule has 35 heavy (non-hydrogen) atoms. The van der Waals surface area contributed by atoms with Gasteiger partial charge in [0.15, 0.2) is 0 Å². The van der Waals surface area contributed by atoms with Crippen molar-refractivity contribution in [2.45, 2.75) is 19.3 Å². The van der Waals surface area contributed by atoms with Gasteiger partial charge in [0.25, 0.3) is 5.91 Å². The summed E-state index contributed by atoms with van der Waals surface area (Å²) in [5, 5.41) is 4.86. The number of pyridine rings is 1. The van der Waals surface area contributed by atoms with Crippen LogP contribution in [0, 0.1) is 0 Å². The number of para-hydroxylation sites is 2. The van der Waals surface area contributed by atoms with Crippen molar-refractivity contribution >= 4 is 29.3 Å². The molecule has 2 amide bonds. The summed E-state index contributed by atoms with van der Waals surface area (Å²) in [6.07, 6.45) is -3.02. The topological polar surface area (TPSA) is 133 Å². The zero-order valence-electron chi connectivity index (χ0n) is 18.0. The van der Waals surface area contributed by atoms with Gasteiger partial charge in [-0.25, -0.2) is 9.59 Å². The molecule has 0 aliphatic heterocycles. The number of alkyl carbamates (subject to hydrolysis) is 1. The zero-order chi connectivity index (χ0) is 25.4. The van der Waals surface area contributed by atoms with Crippen molar-refractivity contribution in [1.29, 1.82) is 0 Å². The van der Waals surface area contributed by atoms with Crippen LogP contribution in [0.1, 0.15) is 21.5 Å². The molecule has 1 aromatic heterocycles. The highest BCUT2D eigenvalue weighted by molar-refractivity contribution is 6.08. The van der Waals surface area contributed by atoms with E-state index in [1.807, 2.05) is 0 Å². The summed E-state index contributed by atoms with van der Waals surface area (Å²) in [6, 6.07) is 13.2. The molecule has 0 unspecified atom stereocenters. The first-order valence-corrected chi connectivity index (χ1v) is 10.0. The number of nitrogen functional groups attached to an aromatic ring is 1. The summed E-state index contributed by atoms with van der Waals surface area (Å²) >= 11 is 0. The molecule has 9 nitrogen and oxygen atoms in total.